The number of hydrogen-bond acceptors (Lipinski definition) is 2. The fourth-order valence-corrected chi connectivity index (χ4v) is 3.52. The molecule has 1 N–H and O–H groups in total. The molecule has 3 heteroatoms. The van der Waals surface area contributed by atoms with Crippen LogP contribution in [-0.4, -0.2) is 18.2 Å². The lowest BCUT2D eigenvalue weighted by atomic mass is 9.79. The van der Waals surface area contributed by atoms with E-state index >= 15 is 0 Å². The van der Waals surface area contributed by atoms with E-state index in [-0.39, 0.29) is 17.2 Å². The molecule has 0 saturated carbocycles. The van der Waals surface area contributed by atoms with Crippen molar-refractivity contribution in [3.63, 3.8) is 0 Å². The molecule has 19 heavy (non-hydrogen) atoms. The Morgan fingerprint density at radius 2 is 1.79 bits per heavy atom. The molecule has 2 nitrogen and oxygen atoms in total. The first-order chi connectivity index (χ1) is 8.75. The number of ether oxygens (including phenoxy) is 1. The van der Waals surface area contributed by atoms with Gasteiger partial charge in [-0.1, -0.05) is 23.7 Å². The van der Waals surface area contributed by atoms with Crippen LogP contribution in [-0.2, 0) is 4.74 Å². The summed E-state index contributed by atoms with van der Waals surface area (Å²) in [6.45, 7) is 8.71. The molecular formula is C16H24ClNO. The van der Waals surface area contributed by atoms with Crippen molar-refractivity contribution in [1.29, 1.82) is 0 Å². The minimum Gasteiger partial charge on any atom is -0.369 e. The summed E-state index contributed by atoms with van der Waals surface area (Å²) in [6.07, 6.45) is 1.05. The van der Waals surface area contributed by atoms with E-state index in [1.54, 1.807) is 0 Å². The van der Waals surface area contributed by atoms with Crippen LogP contribution in [0.15, 0.2) is 24.3 Å². The molecule has 1 aliphatic heterocycles. The summed E-state index contributed by atoms with van der Waals surface area (Å²) in [5.74, 6) is 0.439. The maximum atomic E-state index is 6.21. The van der Waals surface area contributed by atoms with Gasteiger partial charge in [-0.15, -0.1) is 0 Å². The Hall–Kier alpha value is -0.570. The second-order valence-electron chi connectivity index (χ2n) is 6.59. The number of rotatable bonds is 3. The summed E-state index contributed by atoms with van der Waals surface area (Å²) in [4.78, 5) is 0. The van der Waals surface area contributed by atoms with Gasteiger partial charge in [-0.25, -0.2) is 0 Å². The molecule has 0 bridgehead atoms. The van der Waals surface area contributed by atoms with Gasteiger partial charge in [0.25, 0.3) is 0 Å². The summed E-state index contributed by atoms with van der Waals surface area (Å²) in [5, 5.41) is 4.23. The van der Waals surface area contributed by atoms with Crippen LogP contribution in [0, 0.1) is 5.92 Å². The van der Waals surface area contributed by atoms with E-state index in [1.165, 1.54) is 5.56 Å². The van der Waals surface area contributed by atoms with Crippen molar-refractivity contribution in [2.75, 3.05) is 7.05 Å². The van der Waals surface area contributed by atoms with E-state index in [1.807, 2.05) is 19.2 Å². The molecule has 1 aromatic carbocycles. The standard InChI is InChI=1S/C16H24ClNO/c1-15(2)10-13(16(3,4)19-15)14(18-5)11-6-8-12(17)9-7-11/h6-9,13-14,18H,10H2,1-5H3. The maximum absolute atomic E-state index is 6.21. The Labute approximate surface area is 121 Å². The smallest absolute Gasteiger partial charge is 0.0681 e. The van der Waals surface area contributed by atoms with Crippen molar-refractivity contribution >= 4 is 11.6 Å². The molecule has 0 aliphatic carbocycles. The highest BCUT2D eigenvalue weighted by Crippen LogP contribution is 2.47. The molecule has 2 rings (SSSR count). The average molecular weight is 282 g/mol. The van der Waals surface area contributed by atoms with E-state index in [0.29, 0.717) is 5.92 Å². The summed E-state index contributed by atoms with van der Waals surface area (Å²) in [6, 6.07) is 8.40. The van der Waals surface area contributed by atoms with Gasteiger partial charge in [0, 0.05) is 17.0 Å². The van der Waals surface area contributed by atoms with Crippen molar-refractivity contribution in [3.05, 3.63) is 34.9 Å². The van der Waals surface area contributed by atoms with Crippen molar-refractivity contribution < 1.29 is 4.74 Å². The molecular weight excluding hydrogens is 258 g/mol. The first-order valence-corrected chi connectivity index (χ1v) is 7.26. The van der Waals surface area contributed by atoms with Crippen LogP contribution in [0.25, 0.3) is 0 Å². The number of benzene rings is 1. The van der Waals surface area contributed by atoms with Crippen molar-refractivity contribution in [1.82, 2.24) is 5.32 Å². The molecule has 2 atom stereocenters. The molecule has 106 valence electrons. The van der Waals surface area contributed by atoms with Gasteiger partial charge in [-0.2, -0.15) is 0 Å². The molecule has 0 radical (unpaired) electrons. The predicted octanol–water partition coefficient (Wildman–Crippen LogP) is 4.19. The SMILES string of the molecule is CNC(c1ccc(Cl)cc1)C1CC(C)(C)OC1(C)C. The summed E-state index contributed by atoms with van der Waals surface area (Å²) in [7, 11) is 2.01. The van der Waals surface area contributed by atoms with E-state index in [2.05, 4.69) is 45.1 Å². The van der Waals surface area contributed by atoms with Crippen LogP contribution in [0.2, 0.25) is 5.02 Å². The van der Waals surface area contributed by atoms with E-state index in [9.17, 15) is 0 Å². The highest BCUT2D eigenvalue weighted by molar-refractivity contribution is 6.30. The number of nitrogens with one attached hydrogen (secondary N) is 1. The number of hydrogen-bond donors (Lipinski definition) is 1. The molecule has 0 aromatic heterocycles. The van der Waals surface area contributed by atoms with E-state index in [4.69, 9.17) is 16.3 Å². The zero-order valence-corrected chi connectivity index (χ0v) is 13.2. The topological polar surface area (TPSA) is 21.3 Å². The third kappa shape index (κ3) is 3.13. The summed E-state index contributed by atoms with van der Waals surface area (Å²) < 4.78 is 6.21. The van der Waals surface area contributed by atoms with Gasteiger partial charge in [-0.05, 0) is 58.9 Å². The normalized spacial score (nSPS) is 26.3. The van der Waals surface area contributed by atoms with Gasteiger partial charge in [-0.3, -0.25) is 0 Å². The molecule has 1 fully saturated rings. The summed E-state index contributed by atoms with van der Waals surface area (Å²) in [5.41, 5.74) is 1.08. The lowest BCUT2D eigenvalue weighted by Gasteiger charge is -2.33. The monoisotopic (exact) mass is 281 g/mol. The Morgan fingerprint density at radius 3 is 2.21 bits per heavy atom. The summed E-state index contributed by atoms with van der Waals surface area (Å²) >= 11 is 5.98. The maximum Gasteiger partial charge on any atom is 0.0681 e. The fraction of sp³-hybridized carbons (Fsp3) is 0.625. The first-order valence-electron chi connectivity index (χ1n) is 6.88. The van der Waals surface area contributed by atoms with Gasteiger partial charge in [0.15, 0.2) is 0 Å². The molecule has 0 amide bonds. The average Bonchev–Trinajstić information content (AvgIpc) is 2.51. The Balaban J connectivity index is 2.29. The fourth-order valence-electron chi connectivity index (χ4n) is 3.39. The molecule has 1 aliphatic rings. The van der Waals surface area contributed by atoms with Crippen molar-refractivity contribution in [2.24, 2.45) is 5.92 Å². The largest absolute Gasteiger partial charge is 0.369 e. The molecule has 0 spiro atoms. The first kappa shape index (κ1) is 14.8. The van der Waals surface area contributed by atoms with Gasteiger partial charge < -0.3 is 10.1 Å². The lowest BCUT2D eigenvalue weighted by molar-refractivity contribution is -0.0776. The minimum absolute atomic E-state index is 0.0598. The lowest BCUT2D eigenvalue weighted by Crippen LogP contribution is -2.37. The number of halogens is 1. The van der Waals surface area contributed by atoms with E-state index < -0.39 is 0 Å². The quantitative estimate of drug-likeness (QED) is 0.897. The van der Waals surface area contributed by atoms with E-state index in [0.717, 1.165) is 11.4 Å². The molecule has 1 saturated heterocycles. The van der Waals surface area contributed by atoms with Crippen LogP contribution in [0.3, 0.4) is 0 Å². The highest BCUT2D eigenvalue weighted by Gasteiger charge is 2.48. The minimum atomic E-state index is -0.128. The van der Waals surface area contributed by atoms with Crippen LogP contribution >= 0.6 is 11.6 Å². The van der Waals surface area contributed by atoms with Crippen LogP contribution in [0.4, 0.5) is 0 Å². The van der Waals surface area contributed by atoms with Crippen LogP contribution in [0.5, 0.6) is 0 Å². The van der Waals surface area contributed by atoms with Gasteiger partial charge in [0.05, 0.1) is 11.2 Å². The van der Waals surface area contributed by atoms with Gasteiger partial charge in [0.1, 0.15) is 0 Å². The van der Waals surface area contributed by atoms with Crippen molar-refractivity contribution in [2.45, 2.75) is 51.4 Å². The van der Waals surface area contributed by atoms with Crippen LogP contribution in [0.1, 0.15) is 45.7 Å². The Bertz CT molecular complexity index is 439. The van der Waals surface area contributed by atoms with Crippen LogP contribution < -0.4 is 5.32 Å². The zero-order valence-electron chi connectivity index (χ0n) is 12.5. The molecule has 1 heterocycles. The third-order valence-corrected chi connectivity index (χ3v) is 4.34. The van der Waals surface area contributed by atoms with Gasteiger partial charge in [0.2, 0.25) is 0 Å². The predicted molar refractivity (Wildman–Crippen MR) is 80.6 cm³/mol. The second-order valence-corrected chi connectivity index (χ2v) is 7.03. The molecule has 1 aromatic rings. The van der Waals surface area contributed by atoms with Crippen molar-refractivity contribution in [3.8, 4) is 0 Å². The second kappa shape index (κ2) is 5.08. The third-order valence-electron chi connectivity index (χ3n) is 4.09. The molecule has 2 unspecified atom stereocenters. The highest BCUT2D eigenvalue weighted by atomic mass is 35.5. The Morgan fingerprint density at radius 1 is 1.21 bits per heavy atom. The Kier molecular flexibility index (Phi) is 3.97. The zero-order chi connectivity index (χ0) is 14.3. The van der Waals surface area contributed by atoms with Gasteiger partial charge >= 0.3 is 0 Å².